The highest BCUT2D eigenvalue weighted by atomic mass is 32.2. The SMILES string of the molecule is CCOC(=O)CCS(=O)(=O)N(C)c1ccc(C(=O)O)cc1. The maximum Gasteiger partial charge on any atom is 0.335 e. The van der Waals surface area contributed by atoms with Gasteiger partial charge in [-0.05, 0) is 31.2 Å². The molecule has 0 heterocycles. The van der Waals surface area contributed by atoms with Crippen molar-refractivity contribution in [1.82, 2.24) is 0 Å². The number of benzene rings is 1. The Kier molecular flexibility index (Phi) is 5.71. The number of esters is 1. The molecule has 0 bridgehead atoms. The molecule has 0 fully saturated rings. The fourth-order valence-corrected chi connectivity index (χ4v) is 2.70. The molecular formula is C13H17NO6S. The molecule has 21 heavy (non-hydrogen) atoms. The lowest BCUT2D eigenvalue weighted by atomic mass is 10.2. The summed E-state index contributed by atoms with van der Waals surface area (Å²) >= 11 is 0. The van der Waals surface area contributed by atoms with Crippen LogP contribution in [0.15, 0.2) is 24.3 Å². The van der Waals surface area contributed by atoms with Crippen molar-refractivity contribution in [2.75, 3.05) is 23.7 Å². The van der Waals surface area contributed by atoms with Gasteiger partial charge in [0.2, 0.25) is 10.0 Å². The van der Waals surface area contributed by atoms with Gasteiger partial charge in [-0.2, -0.15) is 0 Å². The summed E-state index contributed by atoms with van der Waals surface area (Å²) in [6, 6.07) is 5.42. The zero-order valence-electron chi connectivity index (χ0n) is 11.8. The summed E-state index contributed by atoms with van der Waals surface area (Å²) < 4.78 is 29.8. The standard InChI is InChI=1S/C13H17NO6S/c1-3-20-12(15)8-9-21(18,19)14(2)11-6-4-10(5-7-11)13(16)17/h4-7H,3,8-9H2,1-2H3,(H,16,17). The first-order chi connectivity index (χ1) is 9.77. The summed E-state index contributed by atoms with van der Waals surface area (Å²) in [6.07, 6.45) is -0.228. The maximum atomic E-state index is 12.1. The summed E-state index contributed by atoms with van der Waals surface area (Å²) in [5.74, 6) is -2.03. The van der Waals surface area contributed by atoms with E-state index < -0.39 is 22.0 Å². The Hall–Kier alpha value is -2.09. The molecule has 116 valence electrons. The number of carbonyl (C=O) groups is 2. The number of rotatable bonds is 7. The average Bonchev–Trinajstić information content (AvgIpc) is 2.45. The van der Waals surface area contributed by atoms with Crippen molar-refractivity contribution in [2.45, 2.75) is 13.3 Å². The minimum Gasteiger partial charge on any atom is -0.478 e. The van der Waals surface area contributed by atoms with Crippen molar-refractivity contribution in [3.63, 3.8) is 0 Å². The highest BCUT2D eigenvalue weighted by Gasteiger charge is 2.20. The Balaban J connectivity index is 2.78. The molecule has 0 aliphatic carbocycles. The van der Waals surface area contributed by atoms with Crippen LogP contribution in [0.2, 0.25) is 0 Å². The second-order valence-electron chi connectivity index (χ2n) is 4.19. The topological polar surface area (TPSA) is 101 Å². The Morgan fingerprint density at radius 1 is 1.24 bits per heavy atom. The van der Waals surface area contributed by atoms with Gasteiger partial charge >= 0.3 is 11.9 Å². The second kappa shape index (κ2) is 7.07. The van der Waals surface area contributed by atoms with Gasteiger partial charge in [0.15, 0.2) is 0 Å². The Bertz CT molecular complexity index is 608. The van der Waals surface area contributed by atoms with E-state index in [1.807, 2.05) is 0 Å². The van der Waals surface area contributed by atoms with E-state index in [1.54, 1.807) is 6.92 Å². The number of hydrogen-bond acceptors (Lipinski definition) is 5. The molecule has 0 atom stereocenters. The van der Waals surface area contributed by atoms with Gasteiger partial charge in [0.25, 0.3) is 0 Å². The van der Waals surface area contributed by atoms with Gasteiger partial charge in [0, 0.05) is 7.05 Å². The number of carbonyl (C=O) groups excluding carboxylic acids is 1. The molecule has 0 amide bonds. The molecule has 1 N–H and O–H groups in total. The van der Waals surface area contributed by atoms with Crippen LogP contribution in [0.25, 0.3) is 0 Å². The van der Waals surface area contributed by atoms with Crippen LogP contribution in [0.1, 0.15) is 23.7 Å². The average molecular weight is 315 g/mol. The Morgan fingerprint density at radius 2 is 1.81 bits per heavy atom. The van der Waals surface area contributed by atoms with Crippen LogP contribution in [0.4, 0.5) is 5.69 Å². The Labute approximate surface area is 123 Å². The summed E-state index contributed by atoms with van der Waals surface area (Å²) in [6.45, 7) is 1.84. The van der Waals surface area contributed by atoms with Crippen molar-refractivity contribution in [1.29, 1.82) is 0 Å². The first-order valence-electron chi connectivity index (χ1n) is 6.23. The monoisotopic (exact) mass is 315 g/mol. The minimum atomic E-state index is -3.67. The second-order valence-corrected chi connectivity index (χ2v) is 6.31. The molecule has 1 aromatic rings. The van der Waals surface area contributed by atoms with Crippen LogP contribution in [0.3, 0.4) is 0 Å². The molecule has 0 spiro atoms. The van der Waals surface area contributed by atoms with Crippen molar-refractivity contribution in [2.24, 2.45) is 0 Å². The molecule has 0 aromatic heterocycles. The van der Waals surface area contributed by atoms with Gasteiger partial charge in [-0.15, -0.1) is 0 Å². The first-order valence-corrected chi connectivity index (χ1v) is 7.84. The largest absolute Gasteiger partial charge is 0.478 e. The third-order valence-corrected chi connectivity index (χ3v) is 4.53. The van der Waals surface area contributed by atoms with E-state index >= 15 is 0 Å². The molecule has 0 saturated carbocycles. The highest BCUT2D eigenvalue weighted by molar-refractivity contribution is 7.92. The molecule has 0 aliphatic rings. The number of nitrogens with zero attached hydrogens (tertiary/aromatic N) is 1. The van der Waals surface area contributed by atoms with Gasteiger partial charge in [-0.25, -0.2) is 13.2 Å². The van der Waals surface area contributed by atoms with Crippen LogP contribution < -0.4 is 4.31 Å². The quantitative estimate of drug-likeness (QED) is 0.756. The fraction of sp³-hybridized carbons (Fsp3) is 0.385. The number of carboxylic acid groups (broad SMARTS) is 1. The molecule has 0 aliphatic heterocycles. The molecule has 0 saturated heterocycles. The third-order valence-electron chi connectivity index (χ3n) is 2.76. The van der Waals surface area contributed by atoms with Crippen molar-refractivity contribution >= 4 is 27.6 Å². The van der Waals surface area contributed by atoms with Gasteiger partial charge in [0.05, 0.1) is 30.0 Å². The maximum absolute atomic E-state index is 12.1. The van der Waals surface area contributed by atoms with Crippen LogP contribution >= 0.6 is 0 Å². The lowest BCUT2D eigenvalue weighted by molar-refractivity contribution is -0.142. The van der Waals surface area contributed by atoms with Crippen LogP contribution in [-0.4, -0.2) is 44.9 Å². The molecule has 0 unspecified atom stereocenters. The van der Waals surface area contributed by atoms with E-state index in [2.05, 4.69) is 4.74 Å². The van der Waals surface area contributed by atoms with Crippen LogP contribution in [0, 0.1) is 0 Å². The number of aromatic carboxylic acids is 1. The lowest BCUT2D eigenvalue weighted by Crippen LogP contribution is -2.30. The first kappa shape index (κ1) is 17.0. The third kappa shape index (κ3) is 4.75. The number of hydrogen-bond donors (Lipinski definition) is 1. The van der Waals surface area contributed by atoms with Crippen molar-refractivity contribution in [3.8, 4) is 0 Å². The Morgan fingerprint density at radius 3 is 2.29 bits per heavy atom. The van der Waals surface area contributed by atoms with Gasteiger partial charge < -0.3 is 9.84 Å². The van der Waals surface area contributed by atoms with E-state index in [4.69, 9.17) is 5.11 Å². The predicted molar refractivity (Wildman–Crippen MR) is 76.8 cm³/mol. The number of anilines is 1. The normalized spacial score (nSPS) is 11.0. The van der Waals surface area contributed by atoms with Crippen molar-refractivity contribution < 1.29 is 27.9 Å². The fourth-order valence-electron chi connectivity index (χ4n) is 1.56. The molecular weight excluding hydrogens is 298 g/mol. The number of carboxylic acids is 1. The van der Waals surface area contributed by atoms with Crippen LogP contribution in [0.5, 0.6) is 0 Å². The lowest BCUT2D eigenvalue weighted by Gasteiger charge is -2.19. The highest BCUT2D eigenvalue weighted by Crippen LogP contribution is 2.18. The molecule has 1 aromatic carbocycles. The number of ether oxygens (including phenoxy) is 1. The van der Waals surface area contributed by atoms with E-state index in [1.165, 1.54) is 31.3 Å². The zero-order chi connectivity index (χ0) is 16.0. The molecule has 0 radical (unpaired) electrons. The number of sulfonamides is 1. The van der Waals surface area contributed by atoms with Crippen LogP contribution in [-0.2, 0) is 19.6 Å². The predicted octanol–water partition coefficient (Wildman–Crippen LogP) is 1.10. The van der Waals surface area contributed by atoms with E-state index in [9.17, 15) is 18.0 Å². The molecule has 1 rings (SSSR count). The van der Waals surface area contributed by atoms with Gasteiger partial charge in [-0.1, -0.05) is 0 Å². The minimum absolute atomic E-state index is 0.0658. The van der Waals surface area contributed by atoms with Gasteiger partial charge in [-0.3, -0.25) is 9.10 Å². The van der Waals surface area contributed by atoms with Crippen molar-refractivity contribution in [3.05, 3.63) is 29.8 Å². The van der Waals surface area contributed by atoms with E-state index in [-0.39, 0.29) is 24.3 Å². The molecule has 7 nitrogen and oxygen atoms in total. The van der Waals surface area contributed by atoms with Gasteiger partial charge in [0.1, 0.15) is 0 Å². The zero-order valence-corrected chi connectivity index (χ0v) is 12.6. The summed E-state index contributed by atoms with van der Waals surface area (Å²) in [4.78, 5) is 21.9. The van der Waals surface area contributed by atoms with E-state index in [0.29, 0.717) is 5.69 Å². The summed E-state index contributed by atoms with van der Waals surface area (Å²) in [7, 11) is -2.33. The molecule has 8 heteroatoms. The summed E-state index contributed by atoms with van der Waals surface area (Å²) in [5.41, 5.74) is 0.389. The summed E-state index contributed by atoms with van der Waals surface area (Å²) in [5, 5.41) is 8.79. The smallest absolute Gasteiger partial charge is 0.335 e. The van der Waals surface area contributed by atoms with E-state index in [0.717, 1.165) is 4.31 Å².